The summed E-state index contributed by atoms with van der Waals surface area (Å²) in [6.07, 6.45) is 0.555. The number of nitrogens with one attached hydrogen (secondary N) is 1. The van der Waals surface area contributed by atoms with E-state index in [2.05, 4.69) is 45.1 Å². The topological polar surface area (TPSA) is 41.5 Å². The Bertz CT molecular complexity index is 398. The van der Waals surface area contributed by atoms with Crippen LogP contribution in [0, 0.1) is 5.41 Å². The second-order valence-electron chi connectivity index (χ2n) is 6.88. The van der Waals surface area contributed by atoms with Gasteiger partial charge in [0.05, 0.1) is 6.10 Å². The van der Waals surface area contributed by atoms with Crippen molar-refractivity contribution in [3.63, 3.8) is 0 Å². The number of aliphatic hydroxyl groups excluding tert-OH is 1. The average molecular weight is 293 g/mol. The Morgan fingerprint density at radius 3 is 2.24 bits per heavy atom. The SMILES string of the molecule is COCCC(C)(C)CNCC(O)c1ccc(C(C)C)cc1. The van der Waals surface area contributed by atoms with Crippen molar-refractivity contribution in [2.45, 2.75) is 46.1 Å². The Balaban J connectivity index is 2.41. The van der Waals surface area contributed by atoms with Crippen LogP contribution >= 0.6 is 0 Å². The van der Waals surface area contributed by atoms with Crippen molar-refractivity contribution >= 4 is 0 Å². The number of aliphatic hydroxyl groups is 1. The van der Waals surface area contributed by atoms with E-state index in [9.17, 15) is 5.11 Å². The molecule has 0 bridgehead atoms. The predicted octanol–water partition coefficient (Wildman–Crippen LogP) is 3.50. The Kier molecular flexibility index (Phi) is 7.36. The minimum Gasteiger partial charge on any atom is -0.387 e. The Morgan fingerprint density at radius 2 is 1.71 bits per heavy atom. The molecule has 21 heavy (non-hydrogen) atoms. The maximum Gasteiger partial charge on any atom is 0.0914 e. The second-order valence-corrected chi connectivity index (χ2v) is 6.88. The molecule has 0 fully saturated rings. The molecule has 0 amide bonds. The van der Waals surface area contributed by atoms with Crippen LogP contribution in [-0.2, 0) is 4.74 Å². The van der Waals surface area contributed by atoms with E-state index < -0.39 is 6.10 Å². The maximum atomic E-state index is 10.2. The van der Waals surface area contributed by atoms with Gasteiger partial charge in [0.25, 0.3) is 0 Å². The molecule has 3 heteroatoms. The molecular formula is C18H31NO2. The van der Waals surface area contributed by atoms with Crippen LogP contribution < -0.4 is 5.32 Å². The quantitative estimate of drug-likeness (QED) is 0.732. The average Bonchev–Trinajstić information content (AvgIpc) is 2.45. The molecule has 0 heterocycles. The van der Waals surface area contributed by atoms with Crippen LogP contribution in [0.5, 0.6) is 0 Å². The lowest BCUT2D eigenvalue weighted by molar-refractivity contribution is 0.140. The highest BCUT2D eigenvalue weighted by Gasteiger charge is 2.17. The van der Waals surface area contributed by atoms with E-state index in [1.54, 1.807) is 7.11 Å². The largest absolute Gasteiger partial charge is 0.387 e. The van der Waals surface area contributed by atoms with Crippen molar-refractivity contribution in [1.29, 1.82) is 0 Å². The van der Waals surface area contributed by atoms with E-state index in [0.717, 1.165) is 25.1 Å². The van der Waals surface area contributed by atoms with Crippen LogP contribution in [0.1, 0.15) is 57.3 Å². The Hall–Kier alpha value is -0.900. The summed E-state index contributed by atoms with van der Waals surface area (Å²) < 4.78 is 5.13. The van der Waals surface area contributed by atoms with Gasteiger partial charge < -0.3 is 15.2 Å². The maximum absolute atomic E-state index is 10.2. The van der Waals surface area contributed by atoms with Crippen LogP contribution in [0.3, 0.4) is 0 Å². The van der Waals surface area contributed by atoms with Crippen LogP contribution in [0.25, 0.3) is 0 Å². The van der Waals surface area contributed by atoms with Crippen molar-refractivity contribution in [2.75, 3.05) is 26.8 Å². The summed E-state index contributed by atoms with van der Waals surface area (Å²) in [5.74, 6) is 0.524. The summed E-state index contributed by atoms with van der Waals surface area (Å²) in [6, 6.07) is 8.26. The summed E-state index contributed by atoms with van der Waals surface area (Å²) in [5.41, 5.74) is 2.46. The van der Waals surface area contributed by atoms with Crippen molar-refractivity contribution in [3.8, 4) is 0 Å². The zero-order chi connectivity index (χ0) is 15.9. The molecule has 1 unspecified atom stereocenters. The first-order valence-electron chi connectivity index (χ1n) is 7.83. The van der Waals surface area contributed by atoms with Gasteiger partial charge in [0.2, 0.25) is 0 Å². The number of ether oxygens (including phenoxy) is 1. The van der Waals surface area contributed by atoms with Crippen molar-refractivity contribution in [1.82, 2.24) is 5.32 Å². The summed E-state index contributed by atoms with van der Waals surface area (Å²) in [5, 5.41) is 13.6. The van der Waals surface area contributed by atoms with Crippen LogP contribution in [-0.4, -0.2) is 31.9 Å². The Morgan fingerprint density at radius 1 is 1.14 bits per heavy atom. The van der Waals surface area contributed by atoms with Crippen LogP contribution in [0.4, 0.5) is 0 Å². The summed E-state index contributed by atoms with van der Waals surface area (Å²) in [6.45, 7) is 11.0. The van der Waals surface area contributed by atoms with E-state index in [1.807, 2.05) is 12.1 Å². The molecule has 0 spiro atoms. The van der Waals surface area contributed by atoms with Gasteiger partial charge in [-0.3, -0.25) is 0 Å². The predicted molar refractivity (Wildman–Crippen MR) is 88.6 cm³/mol. The van der Waals surface area contributed by atoms with Gasteiger partial charge in [-0.25, -0.2) is 0 Å². The lowest BCUT2D eigenvalue weighted by Crippen LogP contribution is -2.33. The van der Waals surface area contributed by atoms with Gasteiger partial charge in [-0.05, 0) is 28.9 Å². The number of rotatable bonds is 9. The van der Waals surface area contributed by atoms with Gasteiger partial charge in [0.1, 0.15) is 0 Å². The van der Waals surface area contributed by atoms with E-state index in [-0.39, 0.29) is 5.41 Å². The normalized spacial score (nSPS) is 13.7. The highest BCUT2D eigenvalue weighted by atomic mass is 16.5. The first-order valence-corrected chi connectivity index (χ1v) is 7.83. The van der Waals surface area contributed by atoms with Gasteiger partial charge in [0, 0.05) is 26.8 Å². The molecule has 2 N–H and O–H groups in total. The third kappa shape index (κ3) is 6.60. The molecule has 0 aliphatic heterocycles. The summed E-state index contributed by atoms with van der Waals surface area (Å²) >= 11 is 0. The van der Waals surface area contributed by atoms with Crippen molar-refractivity contribution in [3.05, 3.63) is 35.4 Å². The van der Waals surface area contributed by atoms with Crippen molar-refractivity contribution in [2.24, 2.45) is 5.41 Å². The number of methoxy groups -OCH3 is 1. The molecule has 0 aliphatic rings. The van der Waals surface area contributed by atoms with E-state index in [1.165, 1.54) is 5.56 Å². The number of hydrogen-bond acceptors (Lipinski definition) is 3. The number of hydrogen-bond donors (Lipinski definition) is 2. The Labute approximate surface area is 129 Å². The zero-order valence-corrected chi connectivity index (χ0v) is 14.1. The van der Waals surface area contributed by atoms with E-state index in [0.29, 0.717) is 12.5 Å². The standard InChI is InChI=1S/C18H31NO2/c1-14(2)15-6-8-16(9-7-15)17(20)12-19-13-18(3,4)10-11-21-5/h6-9,14,17,19-20H,10-13H2,1-5H3. The highest BCUT2D eigenvalue weighted by Crippen LogP contribution is 2.20. The van der Waals surface area contributed by atoms with Crippen LogP contribution in [0.15, 0.2) is 24.3 Å². The molecule has 0 saturated heterocycles. The lowest BCUT2D eigenvalue weighted by Gasteiger charge is -2.25. The van der Waals surface area contributed by atoms with Crippen LogP contribution in [0.2, 0.25) is 0 Å². The second kappa shape index (κ2) is 8.52. The molecule has 1 aromatic rings. The van der Waals surface area contributed by atoms with Gasteiger partial charge in [0.15, 0.2) is 0 Å². The van der Waals surface area contributed by atoms with Gasteiger partial charge in [-0.2, -0.15) is 0 Å². The van der Waals surface area contributed by atoms with Gasteiger partial charge in [-0.15, -0.1) is 0 Å². The number of benzene rings is 1. The fourth-order valence-corrected chi connectivity index (χ4v) is 2.23. The summed E-state index contributed by atoms with van der Waals surface area (Å²) in [7, 11) is 1.73. The minimum atomic E-state index is -0.454. The fraction of sp³-hybridized carbons (Fsp3) is 0.667. The molecule has 1 atom stereocenters. The molecule has 1 rings (SSSR count). The minimum absolute atomic E-state index is 0.178. The molecule has 0 saturated carbocycles. The third-order valence-electron chi connectivity index (χ3n) is 3.91. The first kappa shape index (κ1) is 18.1. The first-order chi connectivity index (χ1) is 9.85. The fourth-order valence-electron chi connectivity index (χ4n) is 2.23. The summed E-state index contributed by atoms with van der Waals surface area (Å²) in [4.78, 5) is 0. The van der Waals surface area contributed by atoms with E-state index >= 15 is 0 Å². The smallest absolute Gasteiger partial charge is 0.0914 e. The van der Waals surface area contributed by atoms with Gasteiger partial charge in [-0.1, -0.05) is 52.0 Å². The van der Waals surface area contributed by atoms with Crippen molar-refractivity contribution < 1.29 is 9.84 Å². The van der Waals surface area contributed by atoms with E-state index in [4.69, 9.17) is 4.74 Å². The van der Waals surface area contributed by atoms with Gasteiger partial charge >= 0.3 is 0 Å². The molecular weight excluding hydrogens is 262 g/mol. The molecule has 3 nitrogen and oxygen atoms in total. The lowest BCUT2D eigenvalue weighted by atomic mass is 9.89. The molecule has 0 radical (unpaired) electrons. The molecule has 120 valence electrons. The highest BCUT2D eigenvalue weighted by molar-refractivity contribution is 5.26. The third-order valence-corrected chi connectivity index (χ3v) is 3.91. The molecule has 1 aromatic carbocycles. The molecule has 0 aliphatic carbocycles. The molecule has 0 aromatic heterocycles. The zero-order valence-electron chi connectivity index (χ0n) is 14.1. The monoisotopic (exact) mass is 293 g/mol.